The van der Waals surface area contributed by atoms with Crippen LogP contribution in [0.4, 0.5) is 4.39 Å². The first kappa shape index (κ1) is 21.0. The third-order valence-corrected chi connectivity index (χ3v) is 5.47. The highest BCUT2D eigenvalue weighted by Gasteiger charge is 2.19. The lowest BCUT2D eigenvalue weighted by Gasteiger charge is -2.16. The van der Waals surface area contributed by atoms with Crippen LogP contribution in [-0.4, -0.2) is 34.4 Å². The number of para-hydroxylation sites is 1. The molecule has 0 spiro atoms. The van der Waals surface area contributed by atoms with Crippen molar-refractivity contribution >= 4 is 28.6 Å². The molecule has 1 N–H and O–H groups in total. The van der Waals surface area contributed by atoms with Gasteiger partial charge in [0.2, 0.25) is 5.91 Å². The summed E-state index contributed by atoms with van der Waals surface area (Å²) in [6.07, 6.45) is 0. The summed E-state index contributed by atoms with van der Waals surface area (Å²) in [6, 6.07) is 13.1. The Kier molecular flexibility index (Phi) is 7.00. The van der Waals surface area contributed by atoms with E-state index in [-0.39, 0.29) is 17.3 Å². The molecule has 0 aliphatic rings. The number of aromatic nitrogens is 2. The van der Waals surface area contributed by atoms with E-state index in [1.807, 2.05) is 6.07 Å². The molecule has 0 saturated carbocycles. The van der Waals surface area contributed by atoms with Gasteiger partial charge in [0.05, 0.1) is 29.3 Å². The third-order valence-electron chi connectivity index (χ3n) is 4.38. The molecule has 6 nitrogen and oxygen atoms in total. The molecule has 0 unspecified atom stereocenters. The Morgan fingerprint density at radius 3 is 2.69 bits per heavy atom. The van der Waals surface area contributed by atoms with E-state index >= 15 is 0 Å². The molecule has 3 rings (SSSR count). The Morgan fingerprint density at radius 2 is 1.97 bits per heavy atom. The Balaban J connectivity index is 1.77. The molecule has 29 heavy (non-hydrogen) atoms. The van der Waals surface area contributed by atoms with Gasteiger partial charge < -0.3 is 10.1 Å². The molecule has 1 atom stereocenters. The predicted molar refractivity (Wildman–Crippen MR) is 111 cm³/mol. The maximum absolute atomic E-state index is 13.0. The number of nitrogens with zero attached hydrogens (tertiary/aromatic N) is 2. The highest BCUT2D eigenvalue weighted by atomic mass is 32.2. The topological polar surface area (TPSA) is 73.2 Å². The van der Waals surface area contributed by atoms with Gasteiger partial charge in [0.25, 0.3) is 5.56 Å². The van der Waals surface area contributed by atoms with Gasteiger partial charge in [-0.3, -0.25) is 14.2 Å². The molecule has 2 aromatic carbocycles. The van der Waals surface area contributed by atoms with Gasteiger partial charge in [-0.2, -0.15) is 0 Å². The summed E-state index contributed by atoms with van der Waals surface area (Å²) in [7, 11) is 1.57. The van der Waals surface area contributed by atoms with Crippen molar-refractivity contribution in [3.05, 3.63) is 70.3 Å². The Hall–Kier alpha value is -2.71. The molecular formula is C21H22FN3O3S. The van der Waals surface area contributed by atoms with E-state index in [1.54, 1.807) is 48.9 Å². The number of carbonyl (C=O) groups is 1. The minimum atomic E-state index is -0.475. The van der Waals surface area contributed by atoms with E-state index in [4.69, 9.17) is 4.74 Å². The smallest absolute Gasteiger partial charge is 0.262 e. The number of rotatable bonds is 8. The minimum absolute atomic E-state index is 0.158. The largest absolute Gasteiger partial charge is 0.383 e. The summed E-state index contributed by atoms with van der Waals surface area (Å²) >= 11 is 1.22. The number of halogens is 1. The lowest BCUT2D eigenvalue weighted by molar-refractivity contribution is -0.120. The van der Waals surface area contributed by atoms with Crippen LogP contribution in [0.3, 0.4) is 0 Å². The zero-order chi connectivity index (χ0) is 20.8. The fraction of sp³-hybridized carbons (Fsp3) is 0.286. The van der Waals surface area contributed by atoms with Gasteiger partial charge in [0.15, 0.2) is 5.16 Å². The second-order valence-electron chi connectivity index (χ2n) is 6.47. The Morgan fingerprint density at radius 1 is 1.24 bits per heavy atom. The van der Waals surface area contributed by atoms with Crippen LogP contribution in [0, 0.1) is 5.82 Å². The summed E-state index contributed by atoms with van der Waals surface area (Å²) < 4.78 is 19.6. The van der Waals surface area contributed by atoms with Crippen molar-refractivity contribution in [1.29, 1.82) is 0 Å². The van der Waals surface area contributed by atoms with Crippen LogP contribution in [0.1, 0.15) is 12.5 Å². The molecule has 3 aromatic rings. The predicted octanol–water partition coefficient (Wildman–Crippen LogP) is 2.98. The summed E-state index contributed by atoms with van der Waals surface area (Å²) in [5, 5.41) is 3.35. The number of fused-ring (bicyclic) bond motifs is 1. The zero-order valence-electron chi connectivity index (χ0n) is 16.2. The molecular weight excluding hydrogens is 393 g/mol. The van der Waals surface area contributed by atoms with Gasteiger partial charge >= 0.3 is 0 Å². The van der Waals surface area contributed by atoms with Gasteiger partial charge in [0.1, 0.15) is 5.82 Å². The average Bonchev–Trinajstić information content (AvgIpc) is 2.73. The molecule has 0 saturated heterocycles. The Labute approximate surface area is 172 Å². The maximum atomic E-state index is 13.0. The normalized spacial score (nSPS) is 12.1. The van der Waals surface area contributed by atoms with Crippen molar-refractivity contribution in [2.45, 2.75) is 30.4 Å². The quantitative estimate of drug-likeness (QED) is 0.452. The zero-order valence-corrected chi connectivity index (χ0v) is 17.0. The second kappa shape index (κ2) is 9.67. The number of hydrogen-bond donors (Lipinski definition) is 1. The lowest BCUT2D eigenvalue weighted by Crippen LogP contribution is -2.32. The van der Waals surface area contributed by atoms with E-state index in [0.717, 1.165) is 5.56 Å². The van der Waals surface area contributed by atoms with Gasteiger partial charge in [-0.15, -0.1) is 0 Å². The highest BCUT2D eigenvalue weighted by Crippen LogP contribution is 2.22. The van der Waals surface area contributed by atoms with Crippen LogP contribution in [0.2, 0.25) is 0 Å². The van der Waals surface area contributed by atoms with Gasteiger partial charge in [-0.25, -0.2) is 9.37 Å². The summed E-state index contributed by atoms with van der Waals surface area (Å²) in [4.78, 5) is 30.0. The first-order valence-corrected chi connectivity index (χ1v) is 10.0. The van der Waals surface area contributed by atoms with Crippen molar-refractivity contribution < 1.29 is 13.9 Å². The van der Waals surface area contributed by atoms with Crippen LogP contribution < -0.4 is 10.9 Å². The summed E-state index contributed by atoms with van der Waals surface area (Å²) in [6.45, 7) is 2.76. The monoisotopic (exact) mass is 415 g/mol. The van der Waals surface area contributed by atoms with Crippen molar-refractivity contribution in [3.8, 4) is 0 Å². The average molecular weight is 415 g/mol. The molecule has 0 radical (unpaired) electrons. The first-order valence-electron chi connectivity index (χ1n) is 9.17. The standard InChI is InChI=1S/C21H22FN3O3S/c1-14(19(26)23-13-15-7-9-16(22)10-8-15)29-21-24-18-6-4-3-5-17(18)20(27)25(21)11-12-28-2/h3-10,14H,11-13H2,1-2H3,(H,23,26)/t14-/m0/s1. The van der Waals surface area contributed by atoms with Crippen LogP contribution in [0.15, 0.2) is 58.5 Å². The minimum Gasteiger partial charge on any atom is -0.383 e. The van der Waals surface area contributed by atoms with Crippen LogP contribution >= 0.6 is 11.8 Å². The van der Waals surface area contributed by atoms with E-state index in [9.17, 15) is 14.0 Å². The number of methoxy groups -OCH3 is 1. The molecule has 152 valence electrons. The molecule has 1 heterocycles. The van der Waals surface area contributed by atoms with Crippen molar-refractivity contribution in [3.63, 3.8) is 0 Å². The SMILES string of the molecule is COCCn1c(S[C@@H](C)C(=O)NCc2ccc(F)cc2)nc2ccccc2c1=O. The Bertz CT molecular complexity index is 1050. The van der Waals surface area contributed by atoms with Gasteiger partial charge in [-0.05, 0) is 36.8 Å². The summed E-state index contributed by atoms with van der Waals surface area (Å²) in [5.41, 5.74) is 1.24. The second-order valence-corrected chi connectivity index (χ2v) is 7.77. The molecule has 1 amide bonds. The molecule has 0 bridgehead atoms. The number of nitrogens with one attached hydrogen (secondary N) is 1. The summed E-state index contributed by atoms with van der Waals surface area (Å²) in [5.74, 6) is -0.513. The van der Waals surface area contributed by atoms with E-state index in [0.29, 0.717) is 35.8 Å². The van der Waals surface area contributed by atoms with Gasteiger partial charge in [-0.1, -0.05) is 36.0 Å². The molecule has 0 aliphatic heterocycles. The third kappa shape index (κ3) is 5.21. The van der Waals surface area contributed by atoms with Crippen LogP contribution in [0.5, 0.6) is 0 Å². The van der Waals surface area contributed by atoms with Crippen LogP contribution in [0.25, 0.3) is 10.9 Å². The van der Waals surface area contributed by atoms with Crippen molar-refractivity contribution in [2.75, 3.05) is 13.7 Å². The fourth-order valence-electron chi connectivity index (χ4n) is 2.76. The number of ether oxygens (including phenoxy) is 1. The number of amides is 1. The molecule has 0 fully saturated rings. The maximum Gasteiger partial charge on any atom is 0.262 e. The lowest BCUT2D eigenvalue weighted by atomic mass is 10.2. The first-order chi connectivity index (χ1) is 14.0. The van der Waals surface area contributed by atoms with Crippen molar-refractivity contribution in [1.82, 2.24) is 14.9 Å². The highest BCUT2D eigenvalue weighted by molar-refractivity contribution is 8.00. The van der Waals surface area contributed by atoms with E-state index in [1.165, 1.54) is 23.9 Å². The molecule has 0 aliphatic carbocycles. The number of hydrogen-bond acceptors (Lipinski definition) is 5. The molecule has 1 aromatic heterocycles. The number of carbonyl (C=O) groups excluding carboxylic acids is 1. The number of benzene rings is 2. The number of thioether (sulfide) groups is 1. The molecule has 8 heteroatoms. The van der Waals surface area contributed by atoms with E-state index < -0.39 is 5.25 Å². The van der Waals surface area contributed by atoms with E-state index in [2.05, 4.69) is 10.3 Å². The van der Waals surface area contributed by atoms with Gasteiger partial charge in [0, 0.05) is 13.7 Å². The fourth-order valence-corrected chi connectivity index (χ4v) is 3.72. The van der Waals surface area contributed by atoms with Crippen molar-refractivity contribution in [2.24, 2.45) is 0 Å². The van der Waals surface area contributed by atoms with Crippen LogP contribution in [-0.2, 0) is 22.6 Å².